The summed E-state index contributed by atoms with van der Waals surface area (Å²) in [5, 5.41) is 9.52. The van der Waals surface area contributed by atoms with Crippen molar-refractivity contribution in [2.75, 3.05) is 6.54 Å². The number of carboxylic acid groups (broad SMARTS) is 1. The Bertz CT molecular complexity index is 395. The lowest BCUT2D eigenvalue weighted by molar-refractivity contribution is -0.138. The molecule has 18 heavy (non-hydrogen) atoms. The van der Waals surface area contributed by atoms with Crippen LogP contribution >= 0.6 is 11.6 Å². The van der Waals surface area contributed by atoms with Gasteiger partial charge in [0.2, 0.25) is 0 Å². The Morgan fingerprint density at radius 2 is 2.22 bits per heavy atom. The van der Waals surface area contributed by atoms with Crippen molar-refractivity contribution in [3.8, 4) is 0 Å². The molecule has 100 valence electrons. The van der Waals surface area contributed by atoms with E-state index in [9.17, 15) is 4.79 Å². The predicted octanol–water partition coefficient (Wildman–Crippen LogP) is 2.96. The van der Waals surface area contributed by atoms with Crippen LogP contribution in [0.4, 0.5) is 0 Å². The van der Waals surface area contributed by atoms with E-state index >= 15 is 0 Å². The first kappa shape index (κ1) is 15.0. The molecule has 0 bridgehead atoms. The van der Waals surface area contributed by atoms with Crippen LogP contribution in [-0.4, -0.2) is 17.6 Å². The van der Waals surface area contributed by atoms with Gasteiger partial charge in [-0.15, -0.1) is 0 Å². The molecule has 1 aromatic carbocycles. The smallest absolute Gasteiger partial charge is 0.303 e. The molecule has 3 nitrogen and oxygen atoms in total. The maximum absolute atomic E-state index is 10.7. The summed E-state index contributed by atoms with van der Waals surface area (Å²) in [6.45, 7) is 2.54. The predicted molar refractivity (Wildman–Crippen MR) is 73.7 cm³/mol. The van der Waals surface area contributed by atoms with Gasteiger partial charge in [0.25, 0.3) is 0 Å². The second-order valence-electron chi connectivity index (χ2n) is 4.87. The zero-order valence-corrected chi connectivity index (χ0v) is 11.4. The van der Waals surface area contributed by atoms with Crippen LogP contribution in [0.1, 0.15) is 25.3 Å². The van der Waals surface area contributed by atoms with E-state index in [2.05, 4.69) is 6.92 Å². The fraction of sp³-hybridized carbons (Fsp3) is 0.500. The molecule has 4 heteroatoms. The Morgan fingerprint density at radius 1 is 1.50 bits per heavy atom. The molecule has 0 heterocycles. The molecule has 0 aliphatic carbocycles. The summed E-state index contributed by atoms with van der Waals surface area (Å²) in [5.74, 6) is -0.326. The number of aliphatic carboxylic acids is 1. The number of hydrogen-bond donors (Lipinski definition) is 2. The van der Waals surface area contributed by atoms with E-state index in [1.165, 1.54) is 5.56 Å². The summed E-state index contributed by atoms with van der Waals surface area (Å²) in [4.78, 5) is 10.7. The quantitative estimate of drug-likeness (QED) is 0.800. The van der Waals surface area contributed by atoms with Gasteiger partial charge in [-0.05, 0) is 48.9 Å². The van der Waals surface area contributed by atoms with Crippen molar-refractivity contribution < 1.29 is 9.90 Å². The number of rotatable bonds is 7. The van der Waals surface area contributed by atoms with E-state index < -0.39 is 5.97 Å². The van der Waals surface area contributed by atoms with Crippen LogP contribution in [0.3, 0.4) is 0 Å². The number of hydrogen-bond acceptors (Lipinski definition) is 2. The fourth-order valence-corrected chi connectivity index (χ4v) is 2.44. The highest BCUT2D eigenvalue weighted by atomic mass is 35.5. The van der Waals surface area contributed by atoms with Gasteiger partial charge in [-0.25, -0.2) is 0 Å². The number of carbonyl (C=O) groups is 1. The molecule has 0 amide bonds. The van der Waals surface area contributed by atoms with Crippen molar-refractivity contribution in [1.29, 1.82) is 0 Å². The van der Waals surface area contributed by atoms with Crippen LogP contribution in [0.25, 0.3) is 0 Å². The highest BCUT2D eigenvalue weighted by Crippen LogP contribution is 2.20. The average molecular weight is 270 g/mol. The van der Waals surface area contributed by atoms with Crippen LogP contribution in [0.2, 0.25) is 5.02 Å². The average Bonchev–Trinajstić information content (AvgIpc) is 2.27. The molecule has 0 saturated heterocycles. The summed E-state index contributed by atoms with van der Waals surface area (Å²) in [6.07, 6.45) is 1.88. The van der Waals surface area contributed by atoms with Crippen molar-refractivity contribution in [3.05, 3.63) is 34.9 Å². The van der Waals surface area contributed by atoms with E-state index in [0.717, 1.165) is 17.9 Å². The summed E-state index contributed by atoms with van der Waals surface area (Å²) in [5.41, 5.74) is 6.78. The molecule has 1 aromatic rings. The molecule has 0 saturated carbocycles. The van der Waals surface area contributed by atoms with E-state index in [4.69, 9.17) is 22.4 Å². The number of carboxylic acids is 1. The van der Waals surface area contributed by atoms with Gasteiger partial charge in [-0.1, -0.05) is 30.7 Å². The molecular weight excluding hydrogens is 250 g/mol. The van der Waals surface area contributed by atoms with Crippen LogP contribution in [0, 0.1) is 11.8 Å². The molecule has 0 spiro atoms. The van der Waals surface area contributed by atoms with Gasteiger partial charge in [0.1, 0.15) is 0 Å². The van der Waals surface area contributed by atoms with Gasteiger partial charge in [-0.2, -0.15) is 0 Å². The maximum Gasteiger partial charge on any atom is 0.303 e. The zero-order chi connectivity index (χ0) is 13.5. The third-order valence-electron chi connectivity index (χ3n) is 3.01. The Balaban J connectivity index is 2.49. The number of halogens is 1. The van der Waals surface area contributed by atoms with Crippen LogP contribution in [0.15, 0.2) is 24.3 Å². The summed E-state index contributed by atoms with van der Waals surface area (Å²) >= 11 is 5.93. The fourth-order valence-electron chi connectivity index (χ4n) is 2.23. The number of benzene rings is 1. The monoisotopic (exact) mass is 269 g/mol. The van der Waals surface area contributed by atoms with Crippen LogP contribution < -0.4 is 5.73 Å². The Kier molecular flexibility index (Phi) is 6.16. The molecule has 0 radical (unpaired) electrons. The first-order valence-electron chi connectivity index (χ1n) is 6.17. The van der Waals surface area contributed by atoms with E-state index in [1.807, 2.05) is 24.3 Å². The summed E-state index contributed by atoms with van der Waals surface area (Å²) < 4.78 is 0. The summed E-state index contributed by atoms with van der Waals surface area (Å²) in [7, 11) is 0. The highest BCUT2D eigenvalue weighted by Gasteiger charge is 2.15. The molecular formula is C14H20ClNO2. The SMILES string of the molecule is CC(Cc1cccc(Cl)c1)C[C@H](CN)CC(=O)O. The second kappa shape index (κ2) is 7.39. The molecule has 3 N–H and O–H groups in total. The first-order valence-corrected chi connectivity index (χ1v) is 6.55. The largest absolute Gasteiger partial charge is 0.481 e. The van der Waals surface area contributed by atoms with Crippen molar-refractivity contribution in [2.45, 2.75) is 26.2 Å². The van der Waals surface area contributed by atoms with E-state index in [1.54, 1.807) is 0 Å². The van der Waals surface area contributed by atoms with Gasteiger partial charge >= 0.3 is 5.97 Å². The van der Waals surface area contributed by atoms with Crippen LogP contribution in [-0.2, 0) is 11.2 Å². The van der Waals surface area contributed by atoms with E-state index in [0.29, 0.717) is 12.5 Å². The van der Waals surface area contributed by atoms with Gasteiger partial charge in [0.15, 0.2) is 0 Å². The van der Waals surface area contributed by atoms with Crippen molar-refractivity contribution >= 4 is 17.6 Å². The van der Waals surface area contributed by atoms with Crippen molar-refractivity contribution in [1.82, 2.24) is 0 Å². The summed E-state index contributed by atoms with van der Waals surface area (Å²) in [6, 6.07) is 7.77. The molecule has 1 unspecified atom stereocenters. The lowest BCUT2D eigenvalue weighted by atomic mass is 9.89. The second-order valence-corrected chi connectivity index (χ2v) is 5.31. The minimum absolute atomic E-state index is 0.0525. The topological polar surface area (TPSA) is 63.3 Å². The van der Waals surface area contributed by atoms with E-state index in [-0.39, 0.29) is 12.3 Å². The molecule has 0 aliphatic heterocycles. The third-order valence-corrected chi connectivity index (χ3v) is 3.24. The lowest BCUT2D eigenvalue weighted by Gasteiger charge is -2.18. The van der Waals surface area contributed by atoms with Crippen LogP contribution in [0.5, 0.6) is 0 Å². The normalized spacial score (nSPS) is 14.2. The Labute approximate surface area is 113 Å². The highest BCUT2D eigenvalue weighted by molar-refractivity contribution is 6.30. The minimum Gasteiger partial charge on any atom is -0.481 e. The van der Waals surface area contributed by atoms with Crippen molar-refractivity contribution in [2.24, 2.45) is 17.6 Å². The molecule has 0 aromatic heterocycles. The minimum atomic E-state index is -0.777. The molecule has 2 atom stereocenters. The lowest BCUT2D eigenvalue weighted by Crippen LogP contribution is -2.21. The van der Waals surface area contributed by atoms with Crippen molar-refractivity contribution in [3.63, 3.8) is 0 Å². The molecule has 0 fully saturated rings. The first-order chi connectivity index (χ1) is 8.51. The van der Waals surface area contributed by atoms with Gasteiger partial charge < -0.3 is 10.8 Å². The number of nitrogens with two attached hydrogens (primary N) is 1. The standard InChI is InChI=1S/C14H20ClNO2/c1-10(6-12(9-16)8-14(17)18)5-11-3-2-4-13(15)7-11/h2-4,7,10,12H,5-6,8-9,16H2,1H3,(H,17,18)/t10?,12-/m0/s1. The maximum atomic E-state index is 10.7. The Morgan fingerprint density at radius 3 is 2.78 bits per heavy atom. The van der Waals surface area contributed by atoms with Gasteiger partial charge in [-0.3, -0.25) is 4.79 Å². The Hall–Kier alpha value is -1.06. The molecule has 0 aliphatic rings. The van der Waals surface area contributed by atoms with Gasteiger partial charge in [0.05, 0.1) is 0 Å². The third kappa shape index (κ3) is 5.52. The zero-order valence-electron chi connectivity index (χ0n) is 10.6. The molecule has 1 rings (SSSR count). The van der Waals surface area contributed by atoms with Gasteiger partial charge in [0, 0.05) is 11.4 Å².